The van der Waals surface area contributed by atoms with Crippen LogP contribution < -0.4 is 5.32 Å². The van der Waals surface area contributed by atoms with Gasteiger partial charge in [-0.05, 0) is 43.2 Å². The molecule has 1 aliphatic carbocycles. The number of benzene rings is 2. The first-order valence-electron chi connectivity index (χ1n) is 9.31. The van der Waals surface area contributed by atoms with Gasteiger partial charge in [0, 0.05) is 11.6 Å². The van der Waals surface area contributed by atoms with Crippen molar-refractivity contribution in [2.75, 3.05) is 5.32 Å². The van der Waals surface area contributed by atoms with Gasteiger partial charge in [-0.3, -0.25) is 24.6 Å². The lowest BCUT2D eigenvalue weighted by Gasteiger charge is -2.21. The summed E-state index contributed by atoms with van der Waals surface area (Å²) in [5.41, 5.74) is 1.86. The van der Waals surface area contributed by atoms with Crippen LogP contribution in [0.25, 0.3) is 10.2 Å². The summed E-state index contributed by atoms with van der Waals surface area (Å²) in [6.45, 7) is 0. The van der Waals surface area contributed by atoms with Gasteiger partial charge in [-0.2, -0.15) is 0 Å². The summed E-state index contributed by atoms with van der Waals surface area (Å²) in [5, 5.41) is 3.29. The van der Waals surface area contributed by atoms with E-state index in [0.29, 0.717) is 21.8 Å². The average molecular weight is 391 g/mol. The largest absolute Gasteiger partial charge is 0.298 e. The molecule has 140 valence electrons. The van der Waals surface area contributed by atoms with E-state index in [0.717, 1.165) is 35.9 Å². The molecule has 5 rings (SSSR count). The maximum Gasteiger partial charge on any atom is 0.261 e. The molecule has 7 heteroatoms. The Labute approximate surface area is 165 Å². The number of nitrogens with one attached hydrogen (secondary N) is 1. The lowest BCUT2D eigenvalue weighted by Crippen LogP contribution is -2.38. The minimum Gasteiger partial charge on any atom is -0.298 e. The molecule has 0 bridgehead atoms. The normalized spacial score (nSPS) is 16.8. The average Bonchev–Trinajstić information content (AvgIpc) is 3.41. The summed E-state index contributed by atoms with van der Waals surface area (Å²) in [7, 11) is 0. The van der Waals surface area contributed by atoms with Crippen LogP contribution in [-0.2, 0) is 0 Å². The van der Waals surface area contributed by atoms with Crippen LogP contribution in [-0.4, -0.2) is 33.6 Å². The molecule has 0 atom stereocenters. The SMILES string of the molecule is O=C(Nc1nc2ccccc2s1)c1ccc2c(c1)C(=O)N(C1CCCC1)C2=O. The molecule has 1 aliphatic heterocycles. The Hall–Kier alpha value is -3.06. The molecule has 2 aromatic carbocycles. The van der Waals surface area contributed by atoms with Crippen LogP contribution in [0.3, 0.4) is 0 Å². The quantitative estimate of drug-likeness (QED) is 0.682. The van der Waals surface area contributed by atoms with E-state index in [1.54, 1.807) is 12.1 Å². The molecule has 0 saturated heterocycles. The van der Waals surface area contributed by atoms with E-state index in [1.807, 2.05) is 24.3 Å². The minimum absolute atomic E-state index is 0.0209. The fraction of sp³-hybridized carbons (Fsp3) is 0.238. The summed E-state index contributed by atoms with van der Waals surface area (Å²) < 4.78 is 0.986. The molecule has 0 radical (unpaired) electrons. The molecule has 3 aromatic rings. The number of hydrogen-bond donors (Lipinski definition) is 1. The molecule has 28 heavy (non-hydrogen) atoms. The third-order valence-corrected chi connectivity index (χ3v) is 6.34. The van der Waals surface area contributed by atoms with Crippen LogP contribution in [0.2, 0.25) is 0 Å². The van der Waals surface area contributed by atoms with Crippen molar-refractivity contribution in [3.63, 3.8) is 0 Å². The number of carbonyl (C=O) groups is 3. The smallest absolute Gasteiger partial charge is 0.261 e. The van der Waals surface area contributed by atoms with E-state index in [2.05, 4.69) is 10.3 Å². The van der Waals surface area contributed by atoms with Crippen molar-refractivity contribution < 1.29 is 14.4 Å². The van der Waals surface area contributed by atoms with Crippen molar-refractivity contribution in [3.05, 3.63) is 59.2 Å². The number of imide groups is 1. The maximum atomic E-state index is 12.8. The molecular formula is C21H17N3O3S. The van der Waals surface area contributed by atoms with Crippen molar-refractivity contribution in [1.82, 2.24) is 9.88 Å². The number of fused-ring (bicyclic) bond motifs is 2. The number of carbonyl (C=O) groups excluding carboxylic acids is 3. The second-order valence-electron chi connectivity index (χ2n) is 7.12. The van der Waals surface area contributed by atoms with Gasteiger partial charge in [0.2, 0.25) is 0 Å². The fourth-order valence-corrected chi connectivity index (χ4v) is 4.85. The van der Waals surface area contributed by atoms with Crippen LogP contribution in [0.1, 0.15) is 56.8 Å². The predicted molar refractivity (Wildman–Crippen MR) is 107 cm³/mol. The Balaban J connectivity index is 1.41. The number of para-hydroxylation sites is 1. The molecule has 1 aromatic heterocycles. The molecule has 1 fully saturated rings. The van der Waals surface area contributed by atoms with Gasteiger partial charge in [-0.1, -0.05) is 36.3 Å². The van der Waals surface area contributed by atoms with Crippen molar-refractivity contribution >= 4 is 44.4 Å². The van der Waals surface area contributed by atoms with Gasteiger partial charge >= 0.3 is 0 Å². The van der Waals surface area contributed by atoms with Gasteiger partial charge in [0.05, 0.1) is 21.3 Å². The van der Waals surface area contributed by atoms with Gasteiger partial charge in [-0.15, -0.1) is 0 Å². The third kappa shape index (κ3) is 2.70. The molecular weight excluding hydrogens is 374 g/mol. The van der Waals surface area contributed by atoms with Gasteiger partial charge in [0.15, 0.2) is 5.13 Å². The summed E-state index contributed by atoms with van der Waals surface area (Å²) in [6, 6.07) is 12.3. The zero-order valence-electron chi connectivity index (χ0n) is 15.0. The lowest BCUT2D eigenvalue weighted by molar-refractivity contribution is 0.0587. The van der Waals surface area contributed by atoms with Crippen LogP contribution in [0.15, 0.2) is 42.5 Å². The summed E-state index contributed by atoms with van der Waals surface area (Å²) in [4.78, 5) is 43.9. The molecule has 0 spiro atoms. The highest BCUT2D eigenvalue weighted by Crippen LogP contribution is 2.32. The van der Waals surface area contributed by atoms with E-state index in [9.17, 15) is 14.4 Å². The molecule has 3 amide bonds. The Morgan fingerprint density at radius 2 is 1.79 bits per heavy atom. The number of rotatable bonds is 3. The highest BCUT2D eigenvalue weighted by atomic mass is 32.1. The zero-order valence-corrected chi connectivity index (χ0v) is 15.8. The van der Waals surface area contributed by atoms with E-state index < -0.39 is 0 Å². The van der Waals surface area contributed by atoms with E-state index in [4.69, 9.17) is 0 Å². The maximum absolute atomic E-state index is 12.8. The minimum atomic E-state index is -0.346. The number of aromatic nitrogens is 1. The van der Waals surface area contributed by atoms with Gasteiger partial charge in [-0.25, -0.2) is 4.98 Å². The van der Waals surface area contributed by atoms with Crippen molar-refractivity contribution in [3.8, 4) is 0 Å². The first-order chi connectivity index (χ1) is 13.6. The number of amides is 3. The van der Waals surface area contributed by atoms with Crippen molar-refractivity contribution in [2.45, 2.75) is 31.7 Å². The first-order valence-corrected chi connectivity index (χ1v) is 10.1. The first kappa shape index (κ1) is 17.1. The van der Waals surface area contributed by atoms with E-state index in [-0.39, 0.29) is 23.8 Å². The topological polar surface area (TPSA) is 79.4 Å². The molecule has 1 N–H and O–H groups in total. The fourth-order valence-electron chi connectivity index (χ4n) is 3.99. The standard InChI is InChI=1S/C21H17N3O3S/c25-18(23-21-22-16-7-3-4-8-17(16)28-21)12-9-10-14-15(11-12)20(27)24(19(14)26)13-5-1-2-6-13/h3-4,7-11,13H,1-2,5-6H2,(H,22,23,25). The molecule has 0 unspecified atom stereocenters. The Morgan fingerprint density at radius 3 is 2.57 bits per heavy atom. The summed E-state index contributed by atoms with van der Waals surface area (Å²) in [6.07, 6.45) is 3.79. The van der Waals surface area contributed by atoms with Gasteiger partial charge in [0.25, 0.3) is 17.7 Å². The summed E-state index contributed by atoms with van der Waals surface area (Å²) in [5.74, 6) is -0.881. The van der Waals surface area contributed by atoms with Crippen LogP contribution >= 0.6 is 11.3 Å². The molecule has 1 saturated carbocycles. The number of thiazole rings is 1. The second kappa shape index (κ2) is 6.53. The second-order valence-corrected chi connectivity index (χ2v) is 8.15. The van der Waals surface area contributed by atoms with E-state index >= 15 is 0 Å². The van der Waals surface area contributed by atoms with Gasteiger partial charge in [0.1, 0.15) is 0 Å². The predicted octanol–water partition coefficient (Wildman–Crippen LogP) is 4.09. The Bertz CT molecular complexity index is 1100. The van der Waals surface area contributed by atoms with E-state index in [1.165, 1.54) is 22.3 Å². The Morgan fingerprint density at radius 1 is 1.04 bits per heavy atom. The molecule has 6 nitrogen and oxygen atoms in total. The Kier molecular flexibility index (Phi) is 3.98. The molecule has 2 heterocycles. The highest BCUT2D eigenvalue weighted by molar-refractivity contribution is 7.22. The number of hydrogen-bond acceptors (Lipinski definition) is 5. The lowest BCUT2D eigenvalue weighted by atomic mass is 10.1. The highest BCUT2D eigenvalue weighted by Gasteiger charge is 2.41. The summed E-state index contributed by atoms with van der Waals surface area (Å²) >= 11 is 1.39. The van der Waals surface area contributed by atoms with Crippen molar-refractivity contribution in [1.29, 1.82) is 0 Å². The number of nitrogens with zero attached hydrogens (tertiary/aromatic N) is 2. The van der Waals surface area contributed by atoms with Crippen LogP contribution in [0, 0.1) is 0 Å². The van der Waals surface area contributed by atoms with Crippen LogP contribution in [0.4, 0.5) is 5.13 Å². The third-order valence-electron chi connectivity index (χ3n) is 5.38. The van der Waals surface area contributed by atoms with Crippen LogP contribution in [0.5, 0.6) is 0 Å². The van der Waals surface area contributed by atoms with Gasteiger partial charge < -0.3 is 0 Å². The monoisotopic (exact) mass is 391 g/mol. The number of anilines is 1. The zero-order chi connectivity index (χ0) is 19.3. The van der Waals surface area contributed by atoms with Crippen molar-refractivity contribution in [2.24, 2.45) is 0 Å². The molecule has 2 aliphatic rings.